The molecule has 22 heavy (non-hydrogen) atoms. The Morgan fingerprint density at radius 1 is 0.955 bits per heavy atom. The Balaban J connectivity index is 1.59. The molecule has 0 atom stereocenters. The number of nitrogens with zero attached hydrogens (tertiary/aromatic N) is 1. The summed E-state index contributed by atoms with van der Waals surface area (Å²) >= 11 is 0. The summed E-state index contributed by atoms with van der Waals surface area (Å²) < 4.78 is 11.0. The summed E-state index contributed by atoms with van der Waals surface area (Å²) in [6.07, 6.45) is 1.01. The number of aliphatic hydroxyl groups is 4. The maximum absolute atomic E-state index is 9.77. The van der Waals surface area contributed by atoms with Gasteiger partial charge in [0.1, 0.15) is 13.2 Å². The molecule has 7 nitrogen and oxygen atoms in total. The Kier molecular flexibility index (Phi) is 4.00. The Morgan fingerprint density at radius 3 is 2.27 bits per heavy atom. The van der Waals surface area contributed by atoms with Crippen LogP contribution < -0.4 is 9.47 Å². The van der Waals surface area contributed by atoms with Crippen LogP contribution in [0.5, 0.6) is 11.5 Å². The molecule has 4 N–H and O–H groups in total. The van der Waals surface area contributed by atoms with Crippen molar-refractivity contribution in [3.63, 3.8) is 0 Å². The lowest BCUT2D eigenvalue weighted by atomic mass is 10.1. The third-order valence-corrected chi connectivity index (χ3v) is 4.11. The van der Waals surface area contributed by atoms with Gasteiger partial charge in [-0.3, -0.25) is 0 Å². The van der Waals surface area contributed by atoms with Crippen LogP contribution in [-0.4, -0.2) is 56.9 Å². The maximum atomic E-state index is 9.77. The monoisotopic (exact) mass is 311 g/mol. The topological polar surface area (TPSA) is 103 Å². The van der Waals surface area contributed by atoms with E-state index in [2.05, 4.69) is 0 Å². The van der Waals surface area contributed by atoms with Crippen molar-refractivity contribution in [1.29, 1.82) is 0 Å². The lowest BCUT2D eigenvalue weighted by Gasteiger charge is -2.34. The van der Waals surface area contributed by atoms with E-state index in [1.165, 1.54) is 0 Å². The molecule has 1 fully saturated rings. The standard InChI is InChI=1S/C15H21NO6/c17-14(18)5-6-15(19,20)16(14)7-1-2-11-3-4-12-13(10-11)22-9-8-21-12/h3-4,10,17-20H,1-2,5-9H2. The van der Waals surface area contributed by atoms with Gasteiger partial charge in [0.2, 0.25) is 11.8 Å². The van der Waals surface area contributed by atoms with Crippen LogP contribution in [0.4, 0.5) is 0 Å². The van der Waals surface area contributed by atoms with E-state index in [-0.39, 0.29) is 19.4 Å². The second-order valence-electron chi connectivity index (χ2n) is 5.78. The van der Waals surface area contributed by atoms with Crippen molar-refractivity contribution in [2.24, 2.45) is 0 Å². The third-order valence-electron chi connectivity index (χ3n) is 4.11. The highest BCUT2D eigenvalue weighted by Gasteiger charge is 2.51. The van der Waals surface area contributed by atoms with Crippen molar-refractivity contribution >= 4 is 0 Å². The number of hydrogen-bond acceptors (Lipinski definition) is 7. The number of hydrogen-bond donors (Lipinski definition) is 4. The van der Waals surface area contributed by atoms with E-state index in [0.717, 1.165) is 16.2 Å². The van der Waals surface area contributed by atoms with E-state index in [9.17, 15) is 20.4 Å². The smallest absolute Gasteiger partial charge is 0.229 e. The minimum Gasteiger partial charge on any atom is -0.486 e. The van der Waals surface area contributed by atoms with Crippen molar-refractivity contribution in [3.05, 3.63) is 23.8 Å². The number of aryl methyl sites for hydroxylation is 1. The van der Waals surface area contributed by atoms with Crippen LogP contribution in [0.15, 0.2) is 18.2 Å². The van der Waals surface area contributed by atoms with E-state index in [1.54, 1.807) is 0 Å². The molecule has 0 aromatic heterocycles. The van der Waals surface area contributed by atoms with Gasteiger partial charge >= 0.3 is 0 Å². The van der Waals surface area contributed by atoms with Crippen molar-refractivity contribution < 1.29 is 29.9 Å². The van der Waals surface area contributed by atoms with Crippen molar-refractivity contribution in [2.75, 3.05) is 19.8 Å². The Bertz CT molecular complexity index is 529. The zero-order valence-electron chi connectivity index (χ0n) is 12.2. The number of rotatable bonds is 4. The average Bonchev–Trinajstić information content (AvgIpc) is 2.69. The van der Waals surface area contributed by atoms with Crippen LogP contribution in [0.25, 0.3) is 0 Å². The first-order chi connectivity index (χ1) is 10.4. The summed E-state index contributed by atoms with van der Waals surface area (Å²) in [6.45, 7) is 1.24. The molecule has 122 valence electrons. The van der Waals surface area contributed by atoms with Gasteiger partial charge in [-0.2, -0.15) is 0 Å². The highest BCUT2D eigenvalue weighted by molar-refractivity contribution is 5.43. The van der Waals surface area contributed by atoms with Crippen molar-refractivity contribution in [2.45, 2.75) is 37.5 Å². The van der Waals surface area contributed by atoms with Gasteiger partial charge in [0.15, 0.2) is 11.5 Å². The van der Waals surface area contributed by atoms with Crippen molar-refractivity contribution in [1.82, 2.24) is 4.90 Å². The quantitative estimate of drug-likeness (QED) is 0.569. The van der Waals surface area contributed by atoms with E-state index in [0.29, 0.717) is 31.8 Å². The molecule has 0 bridgehead atoms. The van der Waals surface area contributed by atoms with Gasteiger partial charge in [-0.05, 0) is 30.5 Å². The minimum absolute atomic E-state index is 0.0932. The molecule has 0 spiro atoms. The second-order valence-corrected chi connectivity index (χ2v) is 5.78. The largest absolute Gasteiger partial charge is 0.486 e. The summed E-state index contributed by atoms with van der Waals surface area (Å²) in [6, 6.07) is 5.67. The molecule has 0 saturated carbocycles. The third kappa shape index (κ3) is 3.04. The van der Waals surface area contributed by atoms with Crippen molar-refractivity contribution in [3.8, 4) is 11.5 Å². The fourth-order valence-corrected chi connectivity index (χ4v) is 2.93. The van der Waals surface area contributed by atoms with E-state index < -0.39 is 11.8 Å². The maximum Gasteiger partial charge on any atom is 0.229 e. The van der Waals surface area contributed by atoms with Gasteiger partial charge in [-0.25, -0.2) is 4.90 Å². The van der Waals surface area contributed by atoms with Crippen LogP contribution in [0, 0.1) is 0 Å². The van der Waals surface area contributed by atoms with Crippen LogP contribution in [0.1, 0.15) is 24.8 Å². The Morgan fingerprint density at radius 2 is 1.59 bits per heavy atom. The molecule has 2 aliphatic rings. The van der Waals surface area contributed by atoms with Gasteiger partial charge in [0, 0.05) is 19.4 Å². The summed E-state index contributed by atoms with van der Waals surface area (Å²) in [4.78, 5) is 0.915. The molecule has 7 heteroatoms. The van der Waals surface area contributed by atoms with Crippen LogP contribution in [0.3, 0.4) is 0 Å². The van der Waals surface area contributed by atoms with Crippen LogP contribution >= 0.6 is 0 Å². The molecule has 1 aromatic rings. The zero-order chi connectivity index (χ0) is 15.8. The minimum atomic E-state index is -2.17. The van der Waals surface area contributed by atoms with E-state index in [4.69, 9.17) is 9.47 Å². The number of benzene rings is 1. The highest BCUT2D eigenvalue weighted by Crippen LogP contribution is 2.35. The molecular formula is C15H21NO6. The Labute approximate surface area is 128 Å². The average molecular weight is 311 g/mol. The molecule has 2 aliphatic heterocycles. The van der Waals surface area contributed by atoms with E-state index >= 15 is 0 Å². The first-order valence-corrected chi connectivity index (χ1v) is 7.44. The lowest BCUT2D eigenvalue weighted by Crippen LogP contribution is -2.54. The van der Waals surface area contributed by atoms with Gasteiger partial charge in [-0.15, -0.1) is 0 Å². The summed E-state index contributed by atoms with van der Waals surface area (Å²) in [5.41, 5.74) is 1.02. The SMILES string of the molecule is OC1(O)CCC(O)(O)N1CCCc1ccc2c(c1)OCCO2. The molecule has 1 aromatic carbocycles. The molecular weight excluding hydrogens is 290 g/mol. The number of likely N-dealkylation sites (tertiary alicyclic amines) is 1. The second kappa shape index (κ2) is 5.68. The molecule has 0 amide bonds. The first-order valence-electron chi connectivity index (χ1n) is 7.44. The molecule has 3 rings (SSSR count). The van der Waals surface area contributed by atoms with Crippen LogP contribution in [0.2, 0.25) is 0 Å². The lowest BCUT2D eigenvalue weighted by molar-refractivity contribution is -0.342. The first kappa shape index (κ1) is 15.5. The van der Waals surface area contributed by atoms with Gasteiger partial charge in [-0.1, -0.05) is 6.07 Å². The fraction of sp³-hybridized carbons (Fsp3) is 0.600. The highest BCUT2D eigenvalue weighted by atomic mass is 16.6. The zero-order valence-corrected chi connectivity index (χ0v) is 12.2. The molecule has 2 heterocycles. The predicted molar refractivity (Wildman–Crippen MR) is 76.0 cm³/mol. The van der Waals surface area contributed by atoms with Gasteiger partial charge < -0.3 is 29.9 Å². The molecule has 0 radical (unpaired) electrons. The normalized spacial score (nSPS) is 22.7. The van der Waals surface area contributed by atoms with Gasteiger partial charge in [0.25, 0.3) is 0 Å². The van der Waals surface area contributed by atoms with Crippen LogP contribution in [-0.2, 0) is 6.42 Å². The summed E-state index contributed by atoms with van der Waals surface area (Å²) in [5.74, 6) is -2.90. The summed E-state index contributed by atoms with van der Waals surface area (Å²) in [7, 11) is 0. The van der Waals surface area contributed by atoms with E-state index in [1.807, 2.05) is 18.2 Å². The Hall–Kier alpha value is -1.38. The summed E-state index contributed by atoms with van der Waals surface area (Å²) in [5, 5.41) is 39.1. The molecule has 0 aliphatic carbocycles. The number of ether oxygens (including phenoxy) is 2. The molecule has 0 unspecified atom stereocenters. The fourth-order valence-electron chi connectivity index (χ4n) is 2.93. The number of fused-ring (bicyclic) bond motifs is 1. The predicted octanol–water partition coefficient (Wildman–Crippen LogP) is -0.237. The van der Waals surface area contributed by atoms with Gasteiger partial charge in [0.05, 0.1) is 0 Å². The molecule has 1 saturated heterocycles.